The molecule has 6 nitrogen and oxygen atoms in total. The SMILES string of the molecule is CCn1nc(C)c(CNC(=O)[C@@H]2CCn3c(cnc3C3CCCCC3)C2)c1C. The molecular formula is C22H33N5O. The molecule has 152 valence electrons. The molecule has 0 aromatic carbocycles. The van der Waals surface area contributed by atoms with Crippen molar-refractivity contribution in [3.63, 3.8) is 0 Å². The van der Waals surface area contributed by atoms with E-state index in [1.807, 2.05) is 17.8 Å². The lowest BCUT2D eigenvalue weighted by atomic mass is 9.88. The number of carbonyl (C=O) groups excluding carboxylic acids is 1. The highest BCUT2D eigenvalue weighted by atomic mass is 16.1. The third-order valence-electron chi connectivity index (χ3n) is 6.74. The van der Waals surface area contributed by atoms with Gasteiger partial charge in [-0.3, -0.25) is 9.48 Å². The van der Waals surface area contributed by atoms with E-state index in [2.05, 4.69) is 28.8 Å². The molecule has 4 rings (SSSR count). The molecule has 1 fully saturated rings. The molecule has 1 N–H and O–H groups in total. The van der Waals surface area contributed by atoms with E-state index < -0.39 is 0 Å². The Kier molecular flexibility index (Phi) is 5.56. The topological polar surface area (TPSA) is 64.7 Å². The van der Waals surface area contributed by atoms with E-state index in [4.69, 9.17) is 4.98 Å². The molecular weight excluding hydrogens is 350 g/mol. The minimum Gasteiger partial charge on any atom is -0.352 e. The van der Waals surface area contributed by atoms with Crippen LogP contribution in [0.25, 0.3) is 0 Å². The molecule has 28 heavy (non-hydrogen) atoms. The van der Waals surface area contributed by atoms with E-state index in [1.54, 1.807) is 0 Å². The molecule has 2 aliphatic rings. The summed E-state index contributed by atoms with van der Waals surface area (Å²) in [5.41, 5.74) is 4.55. The summed E-state index contributed by atoms with van der Waals surface area (Å²) in [5, 5.41) is 7.72. The highest BCUT2D eigenvalue weighted by molar-refractivity contribution is 5.79. The average Bonchev–Trinajstić information content (AvgIpc) is 3.27. The number of aromatic nitrogens is 4. The van der Waals surface area contributed by atoms with Crippen LogP contribution in [0.5, 0.6) is 0 Å². The van der Waals surface area contributed by atoms with Gasteiger partial charge in [-0.1, -0.05) is 19.3 Å². The van der Waals surface area contributed by atoms with Crippen molar-refractivity contribution in [2.45, 2.75) is 91.3 Å². The Hall–Kier alpha value is -2.11. The Labute approximate surface area is 167 Å². The second kappa shape index (κ2) is 8.10. The van der Waals surface area contributed by atoms with Crippen molar-refractivity contribution in [2.24, 2.45) is 5.92 Å². The van der Waals surface area contributed by atoms with E-state index in [-0.39, 0.29) is 11.8 Å². The van der Waals surface area contributed by atoms with E-state index in [9.17, 15) is 4.79 Å². The number of nitrogens with zero attached hydrogens (tertiary/aromatic N) is 4. The Bertz CT molecular complexity index is 843. The number of fused-ring (bicyclic) bond motifs is 1. The minimum absolute atomic E-state index is 0.0465. The van der Waals surface area contributed by atoms with Crippen LogP contribution in [-0.4, -0.2) is 25.2 Å². The summed E-state index contributed by atoms with van der Waals surface area (Å²) in [5.74, 6) is 2.10. The third kappa shape index (κ3) is 3.61. The fourth-order valence-corrected chi connectivity index (χ4v) is 5.02. The smallest absolute Gasteiger partial charge is 0.223 e. The molecule has 1 aliphatic heterocycles. The molecule has 0 radical (unpaired) electrons. The highest BCUT2D eigenvalue weighted by Crippen LogP contribution is 2.34. The molecule has 0 spiro atoms. The summed E-state index contributed by atoms with van der Waals surface area (Å²) in [6.45, 7) is 8.54. The first kappa shape index (κ1) is 19.2. The van der Waals surface area contributed by atoms with Crippen molar-refractivity contribution in [1.29, 1.82) is 0 Å². The summed E-state index contributed by atoms with van der Waals surface area (Å²) in [6, 6.07) is 0. The van der Waals surface area contributed by atoms with Crippen LogP contribution < -0.4 is 5.32 Å². The molecule has 1 amide bonds. The van der Waals surface area contributed by atoms with Gasteiger partial charge >= 0.3 is 0 Å². The first-order valence-electron chi connectivity index (χ1n) is 10.9. The van der Waals surface area contributed by atoms with Crippen LogP contribution in [-0.2, 0) is 30.8 Å². The molecule has 0 bridgehead atoms. The Morgan fingerprint density at radius 3 is 2.71 bits per heavy atom. The van der Waals surface area contributed by atoms with Crippen molar-refractivity contribution in [3.8, 4) is 0 Å². The average molecular weight is 384 g/mol. The quantitative estimate of drug-likeness (QED) is 0.857. The van der Waals surface area contributed by atoms with Crippen LogP contribution in [0, 0.1) is 19.8 Å². The second-order valence-electron chi connectivity index (χ2n) is 8.47. The largest absolute Gasteiger partial charge is 0.352 e. The normalized spacial score (nSPS) is 20.2. The molecule has 1 atom stereocenters. The third-order valence-corrected chi connectivity index (χ3v) is 6.74. The van der Waals surface area contributed by atoms with Crippen molar-refractivity contribution in [2.75, 3.05) is 0 Å². The zero-order chi connectivity index (χ0) is 19.7. The van der Waals surface area contributed by atoms with Gasteiger partial charge in [-0.2, -0.15) is 5.10 Å². The molecule has 3 heterocycles. The predicted molar refractivity (Wildman–Crippen MR) is 109 cm³/mol. The van der Waals surface area contributed by atoms with Crippen LogP contribution in [0.3, 0.4) is 0 Å². The van der Waals surface area contributed by atoms with Crippen molar-refractivity contribution in [1.82, 2.24) is 24.6 Å². The Balaban J connectivity index is 1.38. The van der Waals surface area contributed by atoms with Crippen LogP contribution in [0.15, 0.2) is 6.20 Å². The van der Waals surface area contributed by atoms with Gasteiger partial charge in [0.1, 0.15) is 5.82 Å². The van der Waals surface area contributed by atoms with Gasteiger partial charge in [0.05, 0.1) is 5.69 Å². The lowest BCUT2D eigenvalue weighted by Gasteiger charge is -2.27. The number of hydrogen-bond donors (Lipinski definition) is 1. The van der Waals surface area contributed by atoms with Crippen LogP contribution >= 0.6 is 0 Å². The second-order valence-corrected chi connectivity index (χ2v) is 8.47. The minimum atomic E-state index is 0.0465. The molecule has 1 aliphatic carbocycles. The monoisotopic (exact) mass is 383 g/mol. The molecule has 0 unspecified atom stereocenters. The van der Waals surface area contributed by atoms with Gasteiger partial charge in [0.15, 0.2) is 0 Å². The maximum absolute atomic E-state index is 12.8. The van der Waals surface area contributed by atoms with Crippen molar-refractivity contribution in [3.05, 3.63) is 34.7 Å². The van der Waals surface area contributed by atoms with E-state index in [1.165, 1.54) is 43.6 Å². The number of imidazole rings is 1. The van der Waals surface area contributed by atoms with Gasteiger partial charge < -0.3 is 9.88 Å². The predicted octanol–water partition coefficient (Wildman–Crippen LogP) is 3.64. The molecule has 1 saturated carbocycles. The lowest BCUT2D eigenvalue weighted by Crippen LogP contribution is -2.35. The maximum Gasteiger partial charge on any atom is 0.223 e. The first-order chi connectivity index (χ1) is 13.6. The standard InChI is InChI=1S/C22H33N5O/c1-4-27-16(3)20(15(2)25-27)14-24-22(28)18-10-11-26-19(12-18)13-23-21(26)17-8-6-5-7-9-17/h13,17-18H,4-12,14H2,1-3H3,(H,24,28)/t18-/m1/s1. The number of rotatable bonds is 5. The molecule has 2 aromatic rings. The van der Waals surface area contributed by atoms with Gasteiger partial charge in [0.25, 0.3) is 0 Å². The zero-order valence-corrected chi connectivity index (χ0v) is 17.5. The first-order valence-corrected chi connectivity index (χ1v) is 10.9. The van der Waals surface area contributed by atoms with E-state index >= 15 is 0 Å². The van der Waals surface area contributed by atoms with Crippen LogP contribution in [0.4, 0.5) is 0 Å². The van der Waals surface area contributed by atoms with E-state index in [0.29, 0.717) is 12.5 Å². The number of nitrogens with one attached hydrogen (secondary N) is 1. The molecule has 6 heteroatoms. The zero-order valence-electron chi connectivity index (χ0n) is 17.5. The Morgan fingerprint density at radius 1 is 1.21 bits per heavy atom. The summed E-state index contributed by atoms with van der Waals surface area (Å²) in [7, 11) is 0. The maximum atomic E-state index is 12.8. The molecule has 0 saturated heterocycles. The molecule has 2 aromatic heterocycles. The van der Waals surface area contributed by atoms with Crippen LogP contribution in [0.1, 0.15) is 79.8 Å². The highest BCUT2D eigenvalue weighted by Gasteiger charge is 2.29. The van der Waals surface area contributed by atoms with E-state index in [0.717, 1.165) is 42.9 Å². The fourth-order valence-electron chi connectivity index (χ4n) is 5.02. The Morgan fingerprint density at radius 2 is 2.00 bits per heavy atom. The van der Waals surface area contributed by atoms with Crippen molar-refractivity contribution >= 4 is 5.91 Å². The van der Waals surface area contributed by atoms with Crippen LogP contribution in [0.2, 0.25) is 0 Å². The number of aryl methyl sites for hydroxylation is 2. The number of amides is 1. The van der Waals surface area contributed by atoms with Gasteiger partial charge in [0, 0.05) is 61.0 Å². The summed E-state index contributed by atoms with van der Waals surface area (Å²) in [6.07, 6.45) is 10.3. The van der Waals surface area contributed by atoms with Gasteiger partial charge in [-0.25, -0.2) is 4.98 Å². The summed E-state index contributed by atoms with van der Waals surface area (Å²) in [4.78, 5) is 17.6. The van der Waals surface area contributed by atoms with Gasteiger partial charge in [-0.05, 0) is 40.0 Å². The van der Waals surface area contributed by atoms with Crippen molar-refractivity contribution < 1.29 is 4.79 Å². The number of hydrogen-bond acceptors (Lipinski definition) is 3. The summed E-state index contributed by atoms with van der Waals surface area (Å²) >= 11 is 0. The lowest BCUT2D eigenvalue weighted by molar-refractivity contribution is -0.125. The fraction of sp³-hybridized carbons (Fsp3) is 0.682. The summed E-state index contributed by atoms with van der Waals surface area (Å²) < 4.78 is 4.40. The van der Waals surface area contributed by atoms with Gasteiger partial charge in [-0.15, -0.1) is 0 Å². The number of carbonyl (C=O) groups is 1. The van der Waals surface area contributed by atoms with Gasteiger partial charge in [0.2, 0.25) is 5.91 Å².